The second-order valence-electron chi connectivity index (χ2n) is 10.8. The van der Waals surface area contributed by atoms with Crippen LogP contribution in [0.1, 0.15) is 70.5 Å². The minimum atomic E-state index is -3.51. The molecule has 0 saturated heterocycles. The van der Waals surface area contributed by atoms with E-state index in [0.29, 0.717) is 22.0 Å². The molecule has 0 aliphatic rings. The lowest BCUT2D eigenvalue weighted by Crippen LogP contribution is -2.49. The first-order valence-electron chi connectivity index (χ1n) is 12.5. The molecule has 38 heavy (non-hydrogen) atoms. The first-order valence-corrected chi connectivity index (χ1v) is 15.0. The van der Waals surface area contributed by atoms with Crippen molar-refractivity contribution in [2.75, 3.05) is 5.75 Å². The van der Waals surface area contributed by atoms with E-state index < -0.39 is 44.6 Å². The van der Waals surface area contributed by atoms with Crippen LogP contribution in [0.3, 0.4) is 0 Å². The molecule has 210 valence electrons. The van der Waals surface area contributed by atoms with Crippen molar-refractivity contribution in [3.8, 4) is 0 Å². The predicted octanol–water partition coefficient (Wildman–Crippen LogP) is 5.71. The number of hydrogen-bond donors (Lipinski definition) is 2. The lowest BCUT2D eigenvalue weighted by atomic mass is 9.76. The van der Waals surface area contributed by atoms with Gasteiger partial charge in [0, 0.05) is 27.5 Å². The van der Waals surface area contributed by atoms with Gasteiger partial charge in [-0.25, -0.2) is 8.42 Å². The van der Waals surface area contributed by atoms with Crippen molar-refractivity contribution in [1.29, 1.82) is 0 Å². The van der Waals surface area contributed by atoms with Gasteiger partial charge in [-0.05, 0) is 68.5 Å². The monoisotopic (exact) mass is 584 g/mol. The Morgan fingerprint density at radius 1 is 1.05 bits per heavy atom. The molecule has 2 rings (SSSR count). The van der Waals surface area contributed by atoms with Crippen LogP contribution in [0, 0.1) is 5.92 Å². The van der Waals surface area contributed by atoms with Gasteiger partial charge in [0.05, 0.1) is 23.5 Å². The molecule has 0 bridgehead atoms. The maximum absolute atomic E-state index is 13.0. The Bertz CT molecular complexity index is 1200. The highest BCUT2D eigenvalue weighted by molar-refractivity contribution is 7.92. The summed E-state index contributed by atoms with van der Waals surface area (Å²) in [5, 5.41) is 9.87. The van der Waals surface area contributed by atoms with Crippen molar-refractivity contribution in [3.05, 3.63) is 69.7 Å². The van der Waals surface area contributed by atoms with Crippen LogP contribution in [0.4, 0.5) is 0 Å². The van der Waals surface area contributed by atoms with Gasteiger partial charge in [0.2, 0.25) is 6.41 Å². The molecule has 0 fully saturated rings. The minimum absolute atomic E-state index is 0.180. The number of benzene rings is 2. The maximum atomic E-state index is 13.0. The van der Waals surface area contributed by atoms with Crippen LogP contribution in [0.15, 0.2) is 48.5 Å². The number of rotatable bonds is 14. The summed E-state index contributed by atoms with van der Waals surface area (Å²) in [6.45, 7) is 8.65. The van der Waals surface area contributed by atoms with Crippen LogP contribution >= 0.6 is 23.2 Å². The van der Waals surface area contributed by atoms with Crippen LogP contribution in [0.25, 0.3) is 0 Å². The lowest BCUT2D eigenvalue weighted by molar-refractivity contribution is -0.138. The number of amides is 1. The van der Waals surface area contributed by atoms with E-state index in [2.05, 4.69) is 0 Å². The number of nitrogens with zero attached hydrogens (tertiary/aromatic N) is 1. The van der Waals surface area contributed by atoms with Crippen LogP contribution < -0.4 is 5.73 Å². The number of carboxylic acid groups (broad SMARTS) is 1. The zero-order valence-electron chi connectivity index (χ0n) is 22.5. The molecular formula is C28H38Cl2N2O5S. The number of halogens is 2. The first-order chi connectivity index (χ1) is 17.6. The third kappa shape index (κ3) is 8.70. The van der Waals surface area contributed by atoms with Crippen LogP contribution in [-0.2, 0) is 19.4 Å². The SMILES string of the molecule is CC(C)[C@@H](CS(=O)(=O)C(C)C)N(C=O)C(c1ccc(Cl)cc1)C(C[C@](C)(N)CC(=O)O)c1cccc(Cl)c1. The average molecular weight is 586 g/mol. The van der Waals surface area contributed by atoms with Gasteiger partial charge in [0.25, 0.3) is 0 Å². The fraction of sp³-hybridized carbons (Fsp3) is 0.500. The van der Waals surface area contributed by atoms with Crippen molar-refractivity contribution in [2.45, 2.75) is 76.3 Å². The molecule has 0 aliphatic heterocycles. The largest absolute Gasteiger partial charge is 0.481 e. The van der Waals surface area contributed by atoms with E-state index in [-0.39, 0.29) is 24.5 Å². The van der Waals surface area contributed by atoms with E-state index in [9.17, 15) is 23.1 Å². The van der Waals surface area contributed by atoms with Gasteiger partial charge in [-0.15, -0.1) is 0 Å². The van der Waals surface area contributed by atoms with Crippen molar-refractivity contribution in [1.82, 2.24) is 4.90 Å². The van der Waals surface area contributed by atoms with Crippen molar-refractivity contribution in [2.24, 2.45) is 11.7 Å². The van der Waals surface area contributed by atoms with E-state index in [0.717, 1.165) is 5.56 Å². The summed E-state index contributed by atoms with van der Waals surface area (Å²) in [5.41, 5.74) is 6.84. The Labute approximate surface area is 236 Å². The fourth-order valence-electron chi connectivity index (χ4n) is 4.74. The summed E-state index contributed by atoms with van der Waals surface area (Å²) in [7, 11) is -3.51. The summed E-state index contributed by atoms with van der Waals surface area (Å²) >= 11 is 12.5. The molecule has 10 heteroatoms. The summed E-state index contributed by atoms with van der Waals surface area (Å²) in [6.07, 6.45) is 0.565. The van der Waals surface area contributed by atoms with Crippen LogP contribution in [0.5, 0.6) is 0 Å². The second-order valence-corrected chi connectivity index (χ2v) is 14.3. The highest BCUT2D eigenvalue weighted by atomic mass is 35.5. The molecule has 2 unspecified atom stereocenters. The quantitative estimate of drug-likeness (QED) is 0.275. The van der Waals surface area contributed by atoms with Crippen molar-refractivity contribution >= 4 is 45.4 Å². The van der Waals surface area contributed by atoms with Crippen LogP contribution in [-0.4, -0.2) is 53.4 Å². The van der Waals surface area contributed by atoms with Crippen molar-refractivity contribution in [3.63, 3.8) is 0 Å². The van der Waals surface area contributed by atoms with Gasteiger partial charge in [0.1, 0.15) is 0 Å². The van der Waals surface area contributed by atoms with Crippen LogP contribution in [0.2, 0.25) is 10.0 Å². The lowest BCUT2D eigenvalue weighted by Gasteiger charge is -2.43. The number of carbonyl (C=O) groups is 2. The molecule has 3 N–H and O–H groups in total. The molecule has 1 amide bonds. The predicted molar refractivity (Wildman–Crippen MR) is 153 cm³/mol. The Kier molecular flexibility index (Phi) is 11.2. The molecule has 0 aromatic heterocycles. The highest BCUT2D eigenvalue weighted by Gasteiger charge is 2.40. The van der Waals surface area contributed by atoms with E-state index in [1.165, 1.54) is 0 Å². The molecule has 0 radical (unpaired) electrons. The average Bonchev–Trinajstić information content (AvgIpc) is 2.80. The van der Waals surface area contributed by atoms with Gasteiger partial charge in [-0.2, -0.15) is 0 Å². The standard InChI is InChI=1S/C28H38Cl2N2O5S/c1-18(2)25(16-38(36,37)19(3)4)32(17-33)27(20-9-11-22(29)12-10-20)24(14-28(5,31)15-26(34)35)21-7-6-8-23(30)13-21/h6-13,17-19,24-25,27H,14-16,31H2,1-5H3,(H,34,35)/t24?,25-,27?,28+/m1/s1. The number of nitrogens with two attached hydrogens (primary N) is 1. The molecule has 0 saturated carbocycles. The Morgan fingerprint density at radius 3 is 2.13 bits per heavy atom. The summed E-state index contributed by atoms with van der Waals surface area (Å²) in [4.78, 5) is 26.1. The number of carbonyl (C=O) groups excluding carboxylic acids is 1. The number of hydrogen-bond acceptors (Lipinski definition) is 5. The number of carboxylic acids is 1. The van der Waals surface area contributed by atoms with Gasteiger partial charge >= 0.3 is 5.97 Å². The topological polar surface area (TPSA) is 118 Å². The van der Waals surface area contributed by atoms with E-state index in [4.69, 9.17) is 28.9 Å². The molecule has 4 atom stereocenters. The smallest absolute Gasteiger partial charge is 0.305 e. The maximum Gasteiger partial charge on any atom is 0.305 e. The molecular weight excluding hydrogens is 547 g/mol. The molecule has 2 aromatic rings. The third-order valence-electron chi connectivity index (χ3n) is 6.83. The Morgan fingerprint density at radius 2 is 1.66 bits per heavy atom. The Balaban J connectivity index is 2.81. The van der Waals surface area contributed by atoms with E-state index >= 15 is 0 Å². The van der Waals surface area contributed by atoms with Gasteiger partial charge in [-0.3, -0.25) is 9.59 Å². The highest BCUT2D eigenvalue weighted by Crippen LogP contribution is 2.43. The van der Waals surface area contributed by atoms with Gasteiger partial charge in [-0.1, -0.05) is 61.3 Å². The number of sulfone groups is 1. The van der Waals surface area contributed by atoms with E-state index in [1.807, 2.05) is 19.9 Å². The molecule has 7 nitrogen and oxygen atoms in total. The zero-order valence-corrected chi connectivity index (χ0v) is 24.8. The minimum Gasteiger partial charge on any atom is -0.481 e. The zero-order chi connectivity index (χ0) is 28.8. The summed E-state index contributed by atoms with van der Waals surface area (Å²) < 4.78 is 26.1. The molecule has 2 aromatic carbocycles. The van der Waals surface area contributed by atoms with Gasteiger partial charge in [0.15, 0.2) is 9.84 Å². The second kappa shape index (κ2) is 13.3. The van der Waals surface area contributed by atoms with E-state index in [1.54, 1.807) is 68.1 Å². The molecule has 0 heterocycles. The summed E-state index contributed by atoms with van der Waals surface area (Å²) in [5.74, 6) is -1.98. The first kappa shape index (κ1) is 32.1. The normalized spacial score (nSPS) is 16.1. The molecule has 0 spiro atoms. The van der Waals surface area contributed by atoms with Gasteiger partial charge < -0.3 is 15.7 Å². The molecule has 0 aliphatic carbocycles. The summed E-state index contributed by atoms with van der Waals surface area (Å²) in [6, 6.07) is 12.8. The number of aliphatic carboxylic acids is 1. The fourth-order valence-corrected chi connectivity index (χ4v) is 6.49. The third-order valence-corrected chi connectivity index (χ3v) is 9.56. The van der Waals surface area contributed by atoms with Crippen molar-refractivity contribution < 1.29 is 23.1 Å². The Hall–Kier alpha value is -2.13.